The third kappa shape index (κ3) is 6.16. The highest BCUT2D eigenvalue weighted by Crippen LogP contribution is 2.31. The van der Waals surface area contributed by atoms with Crippen molar-refractivity contribution in [1.29, 1.82) is 0 Å². The molecular formula is C36H29N3O4. The number of benzene rings is 4. The van der Waals surface area contributed by atoms with Crippen LogP contribution in [-0.4, -0.2) is 21.7 Å². The zero-order chi connectivity index (χ0) is 29.8. The minimum Gasteiger partial charge on any atom is -0.454 e. The first kappa shape index (κ1) is 27.5. The van der Waals surface area contributed by atoms with Crippen molar-refractivity contribution >= 4 is 34.6 Å². The predicted octanol–water partition coefficient (Wildman–Crippen LogP) is 7.84. The van der Waals surface area contributed by atoms with Crippen LogP contribution in [0.25, 0.3) is 34.2 Å². The van der Waals surface area contributed by atoms with Gasteiger partial charge in [0, 0.05) is 34.5 Å². The van der Waals surface area contributed by atoms with E-state index in [0.717, 1.165) is 27.8 Å². The third-order valence-electron chi connectivity index (χ3n) is 7.05. The molecule has 0 fully saturated rings. The molecule has 43 heavy (non-hydrogen) atoms. The lowest BCUT2D eigenvalue weighted by molar-refractivity contribution is -0.149. The van der Waals surface area contributed by atoms with E-state index in [2.05, 4.69) is 5.32 Å². The van der Waals surface area contributed by atoms with Crippen molar-refractivity contribution in [3.8, 4) is 17.1 Å². The largest absolute Gasteiger partial charge is 0.454 e. The Kier molecular flexibility index (Phi) is 7.70. The Hall–Kier alpha value is -5.69. The van der Waals surface area contributed by atoms with Gasteiger partial charge in [0.25, 0.3) is 5.91 Å². The van der Waals surface area contributed by atoms with Gasteiger partial charge in [0.1, 0.15) is 11.3 Å². The third-order valence-corrected chi connectivity index (χ3v) is 7.05. The summed E-state index contributed by atoms with van der Waals surface area (Å²) in [5.41, 5.74) is 5.95. The molecule has 0 spiro atoms. The standard InChI is InChI=1S/C36H29N3O4/c1-24-17-18-25(2)30(21-24)37-36(41)35(26-11-5-3-6-12-26)43-33(40)20-19-28-23-39(29-14-7-4-8-15-29)38-34(28)32-22-27-13-9-10-16-31(27)42-32/h3-23,35H,1-2H3,(H,37,41)/b20-19+/t35-/m0/s1. The van der Waals surface area contributed by atoms with Gasteiger partial charge in [-0.25, -0.2) is 9.48 Å². The van der Waals surface area contributed by atoms with Crippen LogP contribution < -0.4 is 5.32 Å². The van der Waals surface area contributed by atoms with Gasteiger partial charge in [0.05, 0.1) is 5.69 Å². The zero-order valence-electron chi connectivity index (χ0n) is 23.7. The van der Waals surface area contributed by atoms with Gasteiger partial charge in [-0.1, -0.05) is 78.9 Å². The maximum absolute atomic E-state index is 13.4. The first-order valence-electron chi connectivity index (χ1n) is 13.9. The fourth-order valence-corrected chi connectivity index (χ4v) is 4.80. The number of aryl methyl sites for hydroxylation is 2. The van der Waals surface area contributed by atoms with Crippen LogP contribution in [0.2, 0.25) is 0 Å². The fourth-order valence-electron chi connectivity index (χ4n) is 4.80. The van der Waals surface area contributed by atoms with Crippen LogP contribution >= 0.6 is 0 Å². The second kappa shape index (κ2) is 12.0. The molecule has 6 rings (SSSR count). The molecule has 7 nitrogen and oxygen atoms in total. The summed E-state index contributed by atoms with van der Waals surface area (Å²) in [6.07, 6.45) is 3.60. The number of hydrogen-bond donors (Lipinski definition) is 1. The van der Waals surface area contributed by atoms with Crippen LogP contribution in [0.3, 0.4) is 0 Å². The molecule has 0 unspecified atom stereocenters. The van der Waals surface area contributed by atoms with Gasteiger partial charge in [0.2, 0.25) is 6.10 Å². The Morgan fingerprint density at radius 2 is 1.60 bits per heavy atom. The number of anilines is 1. The lowest BCUT2D eigenvalue weighted by Gasteiger charge is -2.18. The molecular weight excluding hydrogens is 538 g/mol. The number of aromatic nitrogens is 2. The number of para-hydroxylation sites is 2. The predicted molar refractivity (Wildman–Crippen MR) is 168 cm³/mol. The molecule has 0 saturated carbocycles. The van der Waals surface area contributed by atoms with E-state index in [0.29, 0.717) is 28.3 Å². The van der Waals surface area contributed by atoms with Gasteiger partial charge in [-0.3, -0.25) is 4.79 Å². The second-order valence-electron chi connectivity index (χ2n) is 10.2. The lowest BCUT2D eigenvalue weighted by atomic mass is 10.1. The molecule has 4 aromatic carbocycles. The fraction of sp³-hybridized carbons (Fsp3) is 0.0833. The Morgan fingerprint density at radius 1 is 0.884 bits per heavy atom. The van der Waals surface area contributed by atoms with Crippen LogP contribution in [0, 0.1) is 13.8 Å². The van der Waals surface area contributed by atoms with Crippen LogP contribution in [0.15, 0.2) is 126 Å². The van der Waals surface area contributed by atoms with Crippen molar-refractivity contribution < 1.29 is 18.7 Å². The summed E-state index contributed by atoms with van der Waals surface area (Å²) in [6.45, 7) is 3.87. The zero-order valence-corrected chi connectivity index (χ0v) is 23.7. The number of nitrogens with one attached hydrogen (secondary N) is 1. The van der Waals surface area contributed by atoms with E-state index in [1.54, 1.807) is 35.0 Å². The molecule has 0 aliphatic carbocycles. The van der Waals surface area contributed by atoms with Gasteiger partial charge in [-0.05, 0) is 61.4 Å². The lowest BCUT2D eigenvalue weighted by Crippen LogP contribution is -2.25. The van der Waals surface area contributed by atoms with E-state index in [4.69, 9.17) is 14.3 Å². The minimum absolute atomic E-state index is 0.443. The molecule has 2 heterocycles. The molecule has 1 amide bonds. The summed E-state index contributed by atoms with van der Waals surface area (Å²) < 4.78 is 13.6. The van der Waals surface area contributed by atoms with Gasteiger partial charge in [0.15, 0.2) is 5.76 Å². The van der Waals surface area contributed by atoms with Gasteiger partial charge in [-0.15, -0.1) is 0 Å². The van der Waals surface area contributed by atoms with E-state index in [1.165, 1.54) is 6.08 Å². The summed E-state index contributed by atoms with van der Waals surface area (Å²) in [7, 11) is 0. The van der Waals surface area contributed by atoms with E-state index in [1.807, 2.05) is 105 Å². The van der Waals surface area contributed by atoms with Crippen molar-refractivity contribution in [2.75, 3.05) is 5.32 Å². The molecule has 0 aliphatic rings. The number of ether oxygens (including phenoxy) is 1. The monoisotopic (exact) mass is 567 g/mol. The molecule has 0 aliphatic heterocycles. The highest BCUT2D eigenvalue weighted by atomic mass is 16.5. The number of carbonyl (C=O) groups is 2. The van der Waals surface area contributed by atoms with Crippen molar-refractivity contribution in [1.82, 2.24) is 9.78 Å². The van der Waals surface area contributed by atoms with Crippen molar-refractivity contribution in [3.05, 3.63) is 144 Å². The summed E-state index contributed by atoms with van der Waals surface area (Å²) in [5.74, 6) is -0.548. The summed E-state index contributed by atoms with van der Waals surface area (Å²) in [5, 5.41) is 8.65. The van der Waals surface area contributed by atoms with Crippen molar-refractivity contribution in [2.45, 2.75) is 20.0 Å². The maximum atomic E-state index is 13.4. The van der Waals surface area contributed by atoms with Crippen LogP contribution in [0.4, 0.5) is 5.69 Å². The maximum Gasteiger partial charge on any atom is 0.331 e. The number of amides is 1. The number of nitrogens with zero attached hydrogens (tertiary/aromatic N) is 2. The van der Waals surface area contributed by atoms with Crippen LogP contribution in [-0.2, 0) is 14.3 Å². The number of fused-ring (bicyclic) bond motifs is 1. The molecule has 2 aromatic heterocycles. The number of furan rings is 1. The van der Waals surface area contributed by atoms with Crippen molar-refractivity contribution in [2.24, 2.45) is 0 Å². The molecule has 1 atom stereocenters. The van der Waals surface area contributed by atoms with Gasteiger partial charge < -0.3 is 14.5 Å². The smallest absolute Gasteiger partial charge is 0.331 e. The molecule has 7 heteroatoms. The highest BCUT2D eigenvalue weighted by molar-refractivity contribution is 5.98. The average molecular weight is 568 g/mol. The summed E-state index contributed by atoms with van der Waals surface area (Å²) in [6, 6.07) is 34.1. The normalized spacial score (nSPS) is 12.0. The Labute approximate surface area is 249 Å². The van der Waals surface area contributed by atoms with E-state index in [9.17, 15) is 9.59 Å². The SMILES string of the molecule is Cc1ccc(C)c(NC(=O)[C@@H](OC(=O)/C=C/c2cn(-c3ccccc3)nc2-c2cc3ccccc3o2)c2ccccc2)c1. The summed E-state index contributed by atoms with van der Waals surface area (Å²) >= 11 is 0. The quantitative estimate of drug-likeness (QED) is 0.150. The number of hydrogen-bond acceptors (Lipinski definition) is 5. The van der Waals surface area contributed by atoms with Gasteiger partial charge in [-0.2, -0.15) is 5.10 Å². The topological polar surface area (TPSA) is 86.4 Å². The second-order valence-corrected chi connectivity index (χ2v) is 10.2. The number of rotatable bonds is 8. The minimum atomic E-state index is -1.15. The summed E-state index contributed by atoms with van der Waals surface area (Å²) in [4.78, 5) is 26.6. The molecule has 6 aromatic rings. The Bertz CT molecular complexity index is 1900. The van der Waals surface area contributed by atoms with E-state index >= 15 is 0 Å². The number of carbonyl (C=O) groups excluding carboxylic acids is 2. The molecule has 0 radical (unpaired) electrons. The number of esters is 1. The van der Waals surface area contributed by atoms with Gasteiger partial charge >= 0.3 is 5.97 Å². The molecule has 0 bridgehead atoms. The first-order valence-corrected chi connectivity index (χ1v) is 13.9. The first-order chi connectivity index (χ1) is 20.9. The Morgan fingerprint density at radius 3 is 2.37 bits per heavy atom. The molecule has 1 N–H and O–H groups in total. The van der Waals surface area contributed by atoms with Crippen molar-refractivity contribution in [3.63, 3.8) is 0 Å². The van der Waals surface area contributed by atoms with Crippen LogP contribution in [0.1, 0.15) is 28.4 Å². The van der Waals surface area contributed by atoms with Crippen LogP contribution in [0.5, 0.6) is 0 Å². The Balaban J connectivity index is 1.30. The molecule has 212 valence electrons. The van der Waals surface area contributed by atoms with E-state index in [-0.39, 0.29) is 0 Å². The highest BCUT2D eigenvalue weighted by Gasteiger charge is 2.25. The average Bonchev–Trinajstić information content (AvgIpc) is 3.66. The molecule has 0 saturated heterocycles. The van der Waals surface area contributed by atoms with E-state index < -0.39 is 18.0 Å².